The molecule has 0 aliphatic carbocycles. The first kappa shape index (κ1) is 13.1. The van der Waals surface area contributed by atoms with E-state index >= 15 is 0 Å². The number of rotatable bonds is 3. The minimum atomic E-state index is -2.93. The highest BCUT2D eigenvalue weighted by atomic mass is 32.2. The highest BCUT2D eigenvalue weighted by Crippen LogP contribution is 2.24. The molecule has 1 aromatic carbocycles. The summed E-state index contributed by atoms with van der Waals surface area (Å²) in [6.45, 7) is 3.37. The van der Waals surface area contributed by atoms with E-state index in [-0.39, 0.29) is 23.4 Å². The van der Waals surface area contributed by atoms with E-state index in [1.165, 1.54) is 6.92 Å². The predicted octanol–water partition coefficient (Wildman–Crippen LogP) is 1.76. The quantitative estimate of drug-likeness (QED) is 0.784. The van der Waals surface area contributed by atoms with Gasteiger partial charge in [-0.1, -0.05) is 0 Å². The van der Waals surface area contributed by atoms with Crippen LogP contribution in [-0.4, -0.2) is 31.8 Å². The van der Waals surface area contributed by atoms with E-state index in [0.717, 1.165) is 5.56 Å². The number of carbonyl (C=O) groups excluding carboxylic acids is 1. The molecule has 18 heavy (non-hydrogen) atoms. The summed E-state index contributed by atoms with van der Waals surface area (Å²) in [5.41, 5.74) is 1.49. The van der Waals surface area contributed by atoms with Crippen molar-refractivity contribution in [2.45, 2.75) is 26.4 Å². The summed E-state index contributed by atoms with van der Waals surface area (Å²) in [6, 6.07) is 5.20. The molecule has 1 atom stereocenters. The van der Waals surface area contributed by atoms with Gasteiger partial charge in [-0.3, -0.25) is 4.79 Å². The number of hydrogen-bond acceptors (Lipinski definition) is 4. The molecular weight excluding hydrogens is 252 g/mol. The average Bonchev–Trinajstić information content (AvgIpc) is 2.61. The Hall–Kier alpha value is -1.36. The van der Waals surface area contributed by atoms with Crippen LogP contribution in [0, 0.1) is 6.92 Å². The van der Waals surface area contributed by atoms with Gasteiger partial charge in [0.2, 0.25) is 0 Å². The number of sulfone groups is 1. The zero-order valence-corrected chi connectivity index (χ0v) is 11.3. The van der Waals surface area contributed by atoms with Crippen molar-refractivity contribution in [1.82, 2.24) is 0 Å². The molecule has 0 saturated carbocycles. The molecule has 2 rings (SSSR count). The van der Waals surface area contributed by atoms with Crippen molar-refractivity contribution in [3.05, 3.63) is 29.3 Å². The number of benzene rings is 1. The maximum absolute atomic E-state index is 11.3. The van der Waals surface area contributed by atoms with Crippen molar-refractivity contribution < 1.29 is 17.9 Å². The van der Waals surface area contributed by atoms with Gasteiger partial charge in [0.1, 0.15) is 11.9 Å². The van der Waals surface area contributed by atoms with Crippen LogP contribution in [0.25, 0.3) is 0 Å². The van der Waals surface area contributed by atoms with Crippen LogP contribution in [0.5, 0.6) is 5.75 Å². The van der Waals surface area contributed by atoms with Crippen molar-refractivity contribution in [3.8, 4) is 5.75 Å². The molecule has 1 aliphatic heterocycles. The van der Waals surface area contributed by atoms with Gasteiger partial charge in [-0.2, -0.15) is 0 Å². The standard InChI is InChI=1S/C13H16O4S/c1-9-7-11(10(2)14)3-4-13(9)17-12-5-6-18(15,16)8-12/h3-4,7,12H,5-6,8H2,1-2H3. The summed E-state index contributed by atoms with van der Waals surface area (Å²) < 4.78 is 28.4. The van der Waals surface area contributed by atoms with E-state index in [0.29, 0.717) is 17.7 Å². The molecule has 0 amide bonds. The van der Waals surface area contributed by atoms with Crippen LogP contribution < -0.4 is 4.74 Å². The van der Waals surface area contributed by atoms with Gasteiger partial charge < -0.3 is 4.74 Å². The zero-order chi connectivity index (χ0) is 13.3. The summed E-state index contributed by atoms with van der Waals surface area (Å²) in [7, 11) is -2.93. The number of aryl methyl sites for hydroxylation is 1. The third-order valence-corrected chi connectivity index (χ3v) is 4.80. The lowest BCUT2D eigenvalue weighted by Crippen LogP contribution is -2.18. The molecule has 0 aromatic heterocycles. The van der Waals surface area contributed by atoms with Crippen molar-refractivity contribution in [1.29, 1.82) is 0 Å². The Labute approximate surface area is 107 Å². The fourth-order valence-corrected chi connectivity index (χ4v) is 3.62. The van der Waals surface area contributed by atoms with Gasteiger partial charge >= 0.3 is 0 Å². The summed E-state index contributed by atoms with van der Waals surface area (Å²) in [6.07, 6.45) is 0.271. The van der Waals surface area contributed by atoms with Crippen molar-refractivity contribution >= 4 is 15.6 Å². The van der Waals surface area contributed by atoms with E-state index in [2.05, 4.69) is 0 Å². The molecule has 1 heterocycles. The van der Waals surface area contributed by atoms with Crippen molar-refractivity contribution in [2.75, 3.05) is 11.5 Å². The molecule has 1 saturated heterocycles. The summed E-state index contributed by atoms with van der Waals surface area (Å²) in [4.78, 5) is 11.2. The van der Waals surface area contributed by atoms with Gasteiger partial charge in [-0.05, 0) is 44.0 Å². The van der Waals surface area contributed by atoms with Crippen LogP contribution in [-0.2, 0) is 9.84 Å². The maximum Gasteiger partial charge on any atom is 0.159 e. The normalized spacial score (nSPS) is 21.8. The van der Waals surface area contributed by atoms with Crippen LogP contribution in [0.1, 0.15) is 29.3 Å². The third kappa shape index (κ3) is 2.90. The van der Waals surface area contributed by atoms with Gasteiger partial charge in [0.05, 0.1) is 11.5 Å². The van der Waals surface area contributed by atoms with Gasteiger partial charge in [0.25, 0.3) is 0 Å². The molecule has 4 nitrogen and oxygen atoms in total. The number of ether oxygens (including phenoxy) is 1. The summed E-state index contributed by atoms with van der Waals surface area (Å²) in [5.74, 6) is 0.943. The first-order valence-electron chi connectivity index (χ1n) is 5.86. The second kappa shape index (κ2) is 4.72. The lowest BCUT2D eigenvalue weighted by molar-refractivity contribution is 0.101. The second-order valence-corrected chi connectivity index (χ2v) is 6.91. The predicted molar refractivity (Wildman–Crippen MR) is 68.9 cm³/mol. The lowest BCUT2D eigenvalue weighted by atomic mass is 10.1. The Morgan fingerprint density at radius 2 is 2.11 bits per heavy atom. The lowest BCUT2D eigenvalue weighted by Gasteiger charge is -2.14. The van der Waals surface area contributed by atoms with Crippen LogP contribution in [0.2, 0.25) is 0 Å². The zero-order valence-electron chi connectivity index (χ0n) is 10.5. The Kier molecular flexibility index (Phi) is 3.43. The molecule has 1 fully saturated rings. The van der Waals surface area contributed by atoms with Gasteiger partial charge in [0, 0.05) is 5.56 Å². The summed E-state index contributed by atoms with van der Waals surface area (Å²) >= 11 is 0. The first-order valence-corrected chi connectivity index (χ1v) is 7.68. The largest absolute Gasteiger partial charge is 0.489 e. The average molecular weight is 268 g/mol. The number of carbonyl (C=O) groups is 1. The molecule has 5 heteroatoms. The van der Waals surface area contributed by atoms with Gasteiger partial charge in [0.15, 0.2) is 15.6 Å². The SMILES string of the molecule is CC(=O)c1ccc(OC2CCS(=O)(=O)C2)c(C)c1. The Morgan fingerprint density at radius 3 is 2.61 bits per heavy atom. The fourth-order valence-electron chi connectivity index (χ4n) is 2.03. The van der Waals surface area contributed by atoms with E-state index in [4.69, 9.17) is 4.74 Å². The minimum Gasteiger partial charge on any atom is -0.489 e. The van der Waals surface area contributed by atoms with Gasteiger partial charge in [-0.25, -0.2) is 8.42 Å². The minimum absolute atomic E-state index is 0.00749. The summed E-state index contributed by atoms with van der Waals surface area (Å²) in [5, 5.41) is 0. The number of ketones is 1. The maximum atomic E-state index is 11.3. The Bertz CT molecular complexity index is 575. The molecule has 0 bridgehead atoms. The van der Waals surface area contributed by atoms with E-state index < -0.39 is 9.84 Å². The van der Waals surface area contributed by atoms with Crippen molar-refractivity contribution in [3.63, 3.8) is 0 Å². The van der Waals surface area contributed by atoms with E-state index in [1.54, 1.807) is 18.2 Å². The van der Waals surface area contributed by atoms with E-state index in [1.807, 2.05) is 6.92 Å². The highest BCUT2D eigenvalue weighted by molar-refractivity contribution is 7.91. The van der Waals surface area contributed by atoms with E-state index in [9.17, 15) is 13.2 Å². The molecular formula is C13H16O4S. The molecule has 0 N–H and O–H groups in total. The molecule has 1 unspecified atom stereocenters. The Morgan fingerprint density at radius 1 is 1.39 bits per heavy atom. The van der Waals surface area contributed by atoms with Crippen LogP contribution in [0.15, 0.2) is 18.2 Å². The van der Waals surface area contributed by atoms with Crippen LogP contribution in [0.4, 0.5) is 0 Å². The highest BCUT2D eigenvalue weighted by Gasteiger charge is 2.29. The van der Waals surface area contributed by atoms with Crippen molar-refractivity contribution in [2.24, 2.45) is 0 Å². The number of hydrogen-bond donors (Lipinski definition) is 0. The second-order valence-electron chi connectivity index (χ2n) is 4.68. The molecule has 98 valence electrons. The topological polar surface area (TPSA) is 60.4 Å². The smallest absolute Gasteiger partial charge is 0.159 e. The molecule has 1 aromatic rings. The number of Topliss-reactive ketones (excluding diaryl/α,β-unsaturated/α-hetero) is 1. The monoisotopic (exact) mass is 268 g/mol. The fraction of sp³-hybridized carbons (Fsp3) is 0.462. The van der Waals surface area contributed by atoms with Crippen LogP contribution >= 0.6 is 0 Å². The first-order chi connectivity index (χ1) is 8.37. The Balaban J connectivity index is 2.13. The van der Waals surface area contributed by atoms with Gasteiger partial charge in [-0.15, -0.1) is 0 Å². The molecule has 0 spiro atoms. The molecule has 1 aliphatic rings. The molecule has 0 radical (unpaired) electrons. The third-order valence-electron chi connectivity index (χ3n) is 3.07. The van der Waals surface area contributed by atoms with Crippen LogP contribution in [0.3, 0.4) is 0 Å².